The highest BCUT2D eigenvalue weighted by Crippen LogP contribution is 2.34. The molecular formula is C33H29N5O3. The minimum absolute atomic E-state index is 0.0252. The van der Waals surface area contributed by atoms with Gasteiger partial charge in [0, 0.05) is 42.0 Å². The number of H-pyrrole nitrogens is 2. The zero-order valence-electron chi connectivity index (χ0n) is 22.4. The Hall–Kier alpha value is -5.11. The number of benzene rings is 3. The summed E-state index contributed by atoms with van der Waals surface area (Å²) in [5.41, 5.74) is 6.98. The summed E-state index contributed by atoms with van der Waals surface area (Å²) in [5.74, 6) is 0.169. The lowest BCUT2D eigenvalue weighted by molar-refractivity contribution is -0.131. The lowest BCUT2D eigenvalue weighted by atomic mass is 9.98. The maximum Gasteiger partial charge on any atom is 0.326 e. The maximum absolute atomic E-state index is 13.1. The van der Waals surface area contributed by atoms with E-state index in [0.29, 0.717) is 18.7 Å². The number of nitrogens with zero attached hydrogens (tertiary/aromatic N) is 3. The van der Waals surface area contributed by atoms with E-state index in [4.69, 9.17) is 0 Å². The lowest BCUT2D eigenvalue weighted by Gasteiger charge is -2.32. The average Bonchev–Trinajstić information content (AvgIpc) is 3.58. The topological polar surface area (TPSA) is 107 Å². The van der Waals surface area contributed by atoms with Gasteiger partial charge in [0.25, 0.3) is 0 Å². The number of phenols is 1. The average molecular weight is 544 g/mol. The molecule has 3 aromatic carbocycles. The van der Waals surface area contributed by atoms with Crippen molar-refractivity contribution in [2.45, 2.75) is 25.3 Å². The first-order valence-corrected chi connectivity index (χ1v) is 13.9. The fourth-order valence-electron chi connectivity index (χ4n) is 6.01. The van der Waals surface area contributed by atoms with E-state index in [1.54, 1.807) is 12.3 Å². The number of imidazole rings is 1. The van der Waals surface area contributed by atoms with Gasteiger partial charge in [0.05, 0.1) is 29.2 Å². The lowest BCUT2D eigenvalue weighted by Crippen LogP contribution is -2.41. The van der Waals surface area contributed by atoms with E-state index < -0.39 is 0 Å². The standard InChI is InChI=1S/C33H29N5O3/c39-31-16-21(8-9-26(31)22-4-3-5-23(18-22)28-19-24-10-13-34-20-29(24)35-28)17-32(40)37-14-11-25(12-15-37)38-30-7-2-1-6-27(30)36-33(38)41/h1-10,13,16,18-20,25,35,39H,11-12,14-15,17H2,(H,36,41). The number of amides is 1. The van der Waals surface area contributed by atoms with Crippen molar-refractivity contribution in [3.63, 3.8) is 0 Å². The molecule has 8 heteroatoms. The third-order valence-corrected chi connectivity index (χ3v) is 8.13. The second kappa shape index (κ2) is 10.1. The number of aromatic hydroxyl groups is 1. The van der Waals surface area contributed by atoms with Crippen molar-refractivity contribution >= 4 is 27.8 Å². The van der Waals surface area contributed by atoms with Crippen molar-refractivity contribution in [1.29, 1.82) is 0 Å². The molecule has 204 valence electrons. The van der Waals surface area contributed by atoms with E-state index in [1.165, 1.54) is 0 Å². The summed E-state index contributed by atoms with van der Waals surface area (Å²) in [6.45, 7) is 1.19. The zero-order valence-corrected chi connectivity index (χ0v) is 22.4. The molecule has 1 fully saturated rings. The molecule has 8 nitrogen and oxygen atoms in total. The van der Waals surface area contributed by atoms with Crippen LogP contribution in [0, 0.1) is 0 Å². The van der Waals surface area contributed by atoms with Crippen LogP contribution in [0.5, 0.6) is 5.75 Å². The number of para-hydroxylation sites is 2. The number of aromatic nitrogens is 4. The second-order valence-corrected chi connectivity index (χ2v) is 10.7. The number of nitrogens with one attached hydrogen (secondary N) is 2. The highest BCUT2D eigenvalue weighted by molar-refractivity contribution is 5.86. The third kappa shape index (κ3) is 4.67. The molecule has 0 unspecified atom stereocenters. The number of fused-ring (bicyclic) bond motifs is 2. The van der Waals surface area contributed by atoms with Crippen LogP contribution in [-0.4, -0.2) is 48.5 Å². The fourth-order valence-corrected chi connectivity index (χ4v) is 6.01. The summed E-state index contributed by atoms with van der Waals surface area (Å²) in [4.78, 5) is 38.1. The number of likely N-dealkylation sites (tertiary alicyclic amines) is 1. The van der Waals surface area contributed by atoms with Crippen LogP contribution < -0.4 is 5.69 Å². The number of hydrogen-bond donors (Lipinski definition) is 3. The Morgan fingerprint density at radius 3 is 2.56 bits per heavy atom. The smallest absolute Gasteiger partial charge is 0.326 e. The molecule has 1 aliphatic heterocycles. The van der Waals surface area contributed by atoms with Crippen LogP contribution >= 0.6 is 0 Å². The molecule has 1 amide bonds. The Balaban J connectivity index is 1.03. The minimum atomic E-state index is -0.101. The number of rotatable bonds is 5. The van der Waals surface area contributed by atoms with E-state index in [-0.39, 0.29) is 29.8 Å². The second-order valence-electron chi connectivity index (χ2n) is 10.7. The van der Waals surface area contributed by atoms with E-state index >= 15 is 0 Å². The Kier molecular flexibility index (Phi) is 6.15. The van der Waals surface area contributed by atoms with Gasteiger partial charge >= 0.3 is 5.69 Å². The molecule has 0 bridgehead atoms. The monoisotopic (exact) mass is 543 g/mol. The fraction of sp³-hybridized carbons (Fsp3) is 0.182. The van der Waals surface area contributed by atoms with Gasteiger partial charge in [-0.3, -0.25) is 14.3 Å². The van der Waals surface area contributed by atoms with Crippen molar-refractivity contribution in [2.75, 3.05) is 13.1 Å². The van der Waals surface area contributed by atoms with Crippen molar-refractivity contribution in [3.05, 3.63) is 107 Å². The van der Waals surface area contributed by atoms with Crippen molar-refractivity contribution in [1.82, 2.24) is 24.4 Å². The minimum Gasteiger partial charge on any atom is -0.507 e. The highest BCUT2D eigenvalue weighted by Gasteiger charge is 2.26. The molecule has 3 N–H and O–H groups in total. The zero-order chi connectivity index (χ0) is 27.9. The number of aromatic amines is 2. The molecule has 41 heavy (non-hydrogen) atoms. The molecule has 0 saturated carbocycles. The summed E-state index contributed by atoms with van der Waals surface area (Å²) in [6.07, 6.45) is 5.24. The van der Waals surface area contributed by atoms with Crippen molar-refractivity contribution in [2.24, 2.45) is 0 Å². The molecular weight excluding hydrogens is 514 g/mol. The summed E-state index contributed by atoms with van der Waals surface area (Å²) in [7, 11) is 0. The van der Waals surface area contributed by atoms with Crippen molar-refractivity contribution in [3.8, 4) is 28.1 Å². The summed E-state index contributed by atoms with van der Waals surface area (Å²) in [5, 5.41) is 12.0. The molecule has 7 rings (SSSR count). The number of piperidine rings is 1. The van der Waals surface area contributed by atoms with Crippen LogP contribution in [0.15, 0.2) is 96.1 Å². The predicted molar refractivity (Wildman–Crippen MR) is 160 cm³/mol. The van der Waals surface area contributed by atoms with E-state index in [9.17, 15) is 14.7 Å². The number of pyridine rings is 1. The third-order valence-electron chi connectivity index (χ3n) is 8.13. The van der Waals surface area contributed by atoms with Gasteiger partial charge in [-0.05, 0) is 65.9 Å². The number of phenolic OH excluding ortho intramolecular Hbond substituents is 1. The quantitative estimate of drug-likeness (QED) is 0.261. The van der Waals surface area contributed by atoms with Crippen LogP contribution in [0.4, 0.5) is 0 Å². The van der Waals surface area contributed by atoms with Crippen LogP contribution in [0.25, 0.3) is 44.3 Å². The normalized spacial score (nSPS) is 14.2. The molecule has 1 aliphatic rings. The number of carbonyl (C=O) groups excluding carboxylic acids is 1. The van der Waals surface area contributed by atoms with Crippen LogP contribution in [-0.2, 0) is 11.2 Å². The van der Waals surface area contributed by atoms with Gasteiger partial charge in [0.2, 0.25) is 5.91 Å². The largest absolute Gasteiger partial charge is 0.507 e. The van der Waals surface area contributed by atoms with Crippen LogP contribution in [0.3, 0.4) is 0 Å². The molecule has 3 aromatic heterocycles. The summed E-state index contributed by atoms with van der Waals surface area (Å²) < 4.78 is 1.83. The van der Waals surface area contributed by atoms with Gasteiger partial charge in [0.15, 0.2) is 0 Å². The van der Waals surface area contributed by atoms with E-state index in [1.807, 2.05) is 82.4 Å². The maximum atomic E-state index is 13.1. The molecule has 0 radical (unpaired) electrons. The van der Waals surface area contributed by atoms with Gasteiger partial charge in [-0.1, -0.05) is 42.5 Å². The Labute approximate surface area is 235 Å². The molecule has 0 spiro atoms. The van der Waals surface area contributed by atoms with Gasteiger partial charge in [-0.15, -0.1) is 0 Å². The Morgan fingerprint density at radius 2 is 1.73 bits per heavy atom. The van der Waals surface area contributed by atoms with Gasteiger partial charge in [0.1, 0.15) is 5.75 Å². The Bertz CT molecular complexity index is 1930. The molecule has 4 heterocycles. The molecule has 0 aliphatic carbocycles. The summed E-state index contributed by atoms with van der Waals surface area (Å²) >= 11 is 0. The van der Waals surface area contributed by atoms with Crippen molar-refractivity contribution < 1.29 is 9.90 Å². The van der Waals surface area contributed by atoms with Gasteiger partial charge in [-0.25, -0.2) is 4.79 Å². The summed E-state index contributed by atoms with van der Waals surface area (Å²) in [6, 6.07) is 25.3. The number of carbonyl (C=O) groups is 1. The first-order valence-electron chi connectivity index (χ1n) is 13.9. The molecule has 0 atom stereocenters. The van der Waals surface area contributed by atoms with Crippen LogP contribution in [0.2, 0.25) is 0 Å². The predicted octanol–water partition coefficient (Wildman–Crippen LogP) is 5.65. The highest BCUT2D eigenvalue weighted by atomic mass is 16.3. The Morgan fingerprint density at radius 1 is 0.902 bits per heavy atom. The first kappa shape index (κ1) is 24.9. The van der Waals surface area contributed by atoms with E-state index in [0.717, 1.165) is 57.2 Å². The van der Waals surface area contributed by atoms with Gasteiger partial charge < -0.3 is 20.0 Å². The molecule has 1 saturated heterocycles. The first-order chi connectivity index (χ1) is 20.0. The number of hydrogen-bond acceptors (Lipinski definition) is 4. The van der Waals surface area contributed by atoms with Crippen LogP contribution in [0.1, 0.15) is 24.4 Å². The molecule has 6 aromatic rings. The van der Waals surface area contributed by atoms with Gasteiger partial charge in [-0.2, -0.15) is 0 Å². The van der Waals surface area contributed by atoms with E-state index in [2.05, 4.69) is 21.0 Å². The SMILES string of the molecule is O=C(Cc1ccc(-c2cccc(-c3cc4ccncc4[nH]3)c2)c(O)c1)N1CCC(n2c(=O)[nH]c3ccccc32)CC1.